The number of alkyl halides is 3. The molecule has 0 aliphatic carbocycles. The number of rotatable bonds is 4. The van der Waals surface area contributed by atoms with E-state index in [4.69, 9.17) is 0 Å². The van der Waals surface area contributed by atoms with Gasteiger partial charge in [-0.25, -0.2) is 13.8 Å². The summed E-state index contributed by atoms with van der Waals surface area (Å²) in [5.74, 6) is 0. The molecule has 1 N–H and O–H groups in total. The maximum Gasteiger partial charge on any atom is 0.319 e. The standard InChI is InChI=1S/C15H11BrF3N3O/c1-7-5-21-15(23-14(19)13(17)18)22-11(7)9-6-20-12-8(9)3-2-4-10(12)16/h2-6,13-14,20H,1H3. The van der Waals surface area contributed by atoms with Crippen LogP contribution in [0.3, 0.4) is 0 Å². The van der Waals surface area contributed by atoms with Crippen molar-refractivity contribution >= 4 is 26.8 Å². The van der Waals surface area contributed by atoms with E-state index in [1.807, 2.05) is 18.2 Å². The summed E-state index contributed by atoms with van der Waals surface area (Å²) >= 11 is 3.44. The van der Waals surface area contributed by atoms with Crippen molar-refractivity contribution in [3.8, 4) is 17.3 Å². The van der Waals surface area contributed by atoms with E-state index in [0.717, 1.165) is 20.9 Å². The predicted octanol–water partition coefficient (Wildman–Crippen LogP) is 4.64. The largest absolute Gasteiger partial charge is 0.422 e. The Kier molecular flexibility index (Phi) is 4.25. The van der Waals surface area contributed by atoms with Crippen LogP contribution in [0.25, 0.3) is 22.2 Å². The summed E-state index contributed by atoms with van der Waals surface area (Å²) in [5.41, 5.74) is 2.82. The molecule has 1 unspecified atom stereocenters. The molecular weight excluding hydrogens is 375 g/mol. The third-order valence-electron chi connectivity index (χ3n) is 3.29. The number of aromatic nitrogens is 3. The van der Waals surface area contributed by atoms with E-state index < -0.39 is 18.8 Å². The Hall–Kier alpha value is -2.09. The normalized spacial score (nSPS) is 12.8. The Morgan fingerprint density at radius 2 is 2.04 bits per heavy atom. The first-order valence-corrected chi connectivity index (χ1v) is 7.45. The molecule has 120 valence electrons. The van der Waals surface area contributed by atoms with Crippen LogP contribution in [0.2, 0.25) is 0 Å². The molecular formula is C15H11BrF3N3O. The number of nitrogens with zero attached hydrogens (tertiary/aromatic N) is 2. The molecule has 8 heteroatoms. The Bertz CT molecular complexity index is 853. The third kappa shape index (κ3) is 3.03. The van der Waals surface area contributed by atoms with Gasteiger partial charge in [-0.05, 0) is 34.5 Å². The smallest absolute Gasteiger partial charge is 0.319 e. The van der Waals surface area contributed by atoms with Gasteiger partial charge in [0.1, 0.15) is 0 Å². The van der Waals surface area contributed by atoms with Crippen molar-refractivity contribution < 1.29 is 17.9 Å². The van der Waals surface area contributed by atoms with Crippen molar-refractivity contribution in [1.82, 2.24) is 15.0 Å². The van der Waals surface area contributed by atoms with E-state index in [1.54, 1.807) is 13.1 Å². The highest BCUT2D eigenvalue weighted by atomic mass is 79.9. The number of nitrogens with one attached hydrogen (secondary N) is 1. The van der Waals surface area contributed by atoms with Crippen LogP contribution in [-0.2, 0) is 0 Å². The maximum absolute atomic E-state index is 13.0. The van der Waals surface area contributed by atoms with Gasteiger partial charge in [0.25, 0.3) is 0 Å². The number of hydrogen-bond donors (Lipinski definition) is 1. The number of hydrogen-bond acceptors (Lipinski definition) is 3. The number of halogens is 4. The van der Waals surface area contributed by atoms with Crippen molar-refractivity contribution in [3.63, 3.8) is 0 Å². The van der Waals surface area contributed by atoms with Gasteiger partial charge in [0.2, 0.25) is 0 Å². The van der Waals surface area contributed by atoms with Crippen molar-refractivity contribution in [3.05, 3.63) is 40.6 Å². The van der Waals surface area contributed by atoms with Gasteiger partial charge in [0.05, 0.1) is 11.2 Å². The summed E-state index contributed by atoms with van der Waals surface area (Å²) in [4.78, 5) is 10.9. The fraction of sp³-hybridized carbons (Fsp3) is 0.200. The van der Waals surface area contributed by atoms with Crippen LogP contribution >= 0.6 is 15.9 Å². The summed E-state index contributed by atoms with van der Waals surface area (Å²) in [5, 5.41) is 0.887. The molecule has 1 aromatic carbocycles. The first-order valence-electron chi connectivity index (χ1n) is 6.66. The number of benzene rings is 1. The van der Waals surface area contributed by atoms with Gasteiger partial charge in [-0.15, -0.1) is 0 Å². The van der Waals surface area contributed by atoms with E-state index in [0.29, 0.717) is 11.3 Å². The molecule has 3 rings (SSSR count). The van der Waals surface area contributed by atoms with Crippen molar-refractivity contribution in [2.24, 2.45) is 0 Å². The van der Waals surface area contributed by atoms with E-state index >= 15 is 0 Å². The van der Waals surface area contributed by atoms with E-state index in [-0.39, 0.29) is 0 Å². The van der Waals surface area contributed by atoms with Crippen molar-refractivity contribution in [2.75, 3.05) is 0 Å². The molecule has 1 atom stereocenters. The third-order valence-corrected chi connectivity index (χ3v) is 3.95. The van der Waals surface area contributed by atoms with Gasteiger partial charge in [0.15, 0.2) is 0 Å². The van der Waals surface area contributed by atoms with Crippen LogP contribution in [0, 0.1) is 6.92 Å². The average molecular weight is 386 g/mol. The number of aromatic amines is 1. The zero-order chi connectivity index (χ0) is 16.6. The second-order valence-corrected chi connectivity index (χ2v) is 5.71. The molecule has 0 saturated heterocycles. The van der Waals surface area contributed by atoms with Crippen molar-refractivity contribution in [2.45, 2.75) is 19.7 Å². The SMILES string of the molecule is Cc1cnc(OC(F)C(F)F)nc1-c1c[nH]c2c(Br)cccc12. The zero-order valence-corrected chi connectivity index (χ0v) is 13.4. The first-order chi connectivity index (χ1) is 11.0. The van der Waals surface area contributed by atoms with Gasteiger partial charge in [-0.2, -0.15) is 9.37 Å². The topological polar surface area (TPSA) is 50.8 Å². The van der Waals surface area contributed by atoms with Crippen LogP contribution in [0.1, 0.15) is 5.56 Å². The van der Waals surface area contributed by atoms with Gasteiger partial charge >= 0.3 is 18.8 Å². The van der Waals surface area contributed by atoms with Crippen LogP contribution in [0.4, 0.5) is 13.2 Å². The van der Waals surface area contributed by atoms with Gasteiger partial charge in [-0.3, -0.25) is 0 Å². The molecule has 0 aliphatic heterocycles. The molecule has 0 saturated carbocycles. The summed E-state index contributed by atoms with van der Waals surface area (Å²) in [6.07, 6.45) is -2.86. The highest BCUT2D eigenvalue weighted by Crippen LogP contribution is 2.33. The van der Waals surface area contributed by atoms with Crippen LogP contribution < -0.4 is 4.74 Å². The number of aryl methyl sites for hydroxylation is 1. The zero-order valence-electron chi connectivity index (χ0n) is 11.9. The predicted molar refractivity (Wildman–Crippen MR) is 83.3 cm³/mol. The lowest BCUT2D eigenvalue weighted by atomic mass is 10.1. The molecule has 23 heavy (non-hydrogen) atoms. The van der Waals surface area contributed by atoms with Crippen molar-refractivity contribution in [1.29, 1.82) is 0 Å². The minimum absolute atomic E-state index is 0.428. The fourth-order valence-electron chi connectivity index (χ4n) is 2.22. The summed E-state index contributed by atoms with van der Waals surface area (Å²) in [7, 11) is 0. The summed E-state index contributed by atoms with van der Waals surface area (Å²) in [6.45, 7) is 1.77. The van der Waals surface area contributed by atoms with Gasteiger partial charge < -0.3 is 9.72 Å². The Morgan fingerprint density at radius 1 is 1.26 bits per heavy atom. The molecule has 0 bridgehead atoms. The first kappa shape index (κ1) is 15.8. The maximum atomic E-state index is 13.0. The lowest BCUT2D eigenvalue weighted by Crippen LogP contribution is -2.20. The molecule has 0 spiro atoms. The van der Waals surface area contributed by atoms with Crippen LogP contribution in [0.15, 0.2) is 35.1 Å². The highest BCUT2D eigenvalue weighted by Gasteiger charge is 2.23. The minimum Gasteiger partial charge on any atom is -0.422 e. The number of ether oxygens (including phenoxy) is 1. The number of fused-ring (bicyclic) bond motifs is 1. The quantitative estimate of drug-likeness (QED) is 0.711. The number of para-hydroxylation sites is 1. The molecule has 2 heterocycles. The lowest BCUT2D eigenvalue weighted by Gasteiger charge is -2.10. The molecule has 0 amide bonds. The van der Waals surface area contributed by atoms with Gasteiger partial charge in [0, 0.05) is 27.8 Å². The van der Waals surface area contributed by atoms with Crippen LogP contribution in [0.5, 0.6) is 6.01 Å². The Morgan fingerprint density at radius 3 is 2.78 bits per heavy atom. The van der Waals surface area contributed by atoms with E-state index in [2.05, 4.69) is 35.6 Å². The Balaban J connectivity index is 2.06. The van der Waals surface area contributed by atoms with Gasteiger partial charge in [-0.1, -0.05) is 12.1 Å². The summed E-state index contributed by atoms with van der Waals surface area (Å²) in [6, 6.07) is 5.22. The second kappa shape index (κ2) is 6.19. The fourth-order valence-corrected chi connectivity index (χ4v) is 2.70. The summed E-state index contributed by atoms with van der Waals surface area (Å²) < 4.78 is 42.9. The molecule has 0 fully saturated rings. The monoisotopic (exact) mass is 385 g/mol. The van der Waals surface area contributed by atoms with Crippen LogP contribution in [-0.4, -0.2) is 27.7 Å². The van der Waals surface area contributed by atoms with E-state index in [1.165, 1.54) is 6.20 Å². The molecule has 0 radical (unpaired) electrons. The lowest BCUT2D eigenvalue weighted by molar-refractivity contribution is -0.0713. The molecule has 3 aromatic rings. The Labute approximate surface area is 137 Å². The average Bonchev–Trinajstić information content (AvgIpc) is 2.94. The molecule has 0 aliphatic rings. The van der Waals surface area contributed by atoms with E-state index in [9.17, 15) is 13.2 Å². The molecule has 2 aromatic heterocycles. The number of H-pyrrole nitrogens is 1. The second-order valence-electron chi connectivity index (χ2n) is 4.85. The minimum atomic E-state index is -3.26. The molecule has 4 nitrogen and oxygen atoms in total. The highest BCUT2D eigenvalue weighted by molar-refractivity contribution is 9.10.